The van der Waals surface area contributed by atoms with Crippen LogP contribution >= 0.6 is 0 Å². The summed E-state index contributed by atoms with van der Waals surface area (Å²) in [7, 11) is 0. The topological polar surface area (TPSA) is 78.9 Å². The Balaban J connectivity index is 4.26. The van der Waals surface area contributed by atoms with Crippen LogP contribution in [0.1, 0.15) is 305 Å². The predicted octanol–water partition coefficient (Wildman–Crippen LogP) is 17.9. The van der Waals surface area contributed by atoms with Gasteiger partial charge in [0.1, 0.15) is 13.2 Å². The van der Waals surface area contributed by atoms with Crippen LogP contribution in [0.3, 0.4) is 0 Å². The van der Waals surface area contributed by atoms with Crippen molar-refractivity contribution < 1.29 is 28.6 Å². The Hall–Kier alpha value is -1.59. The Morgan fingerprint density at radius 3 is 0.694 bits per heavy atom. The smallest absolute Gasteiger partial charge is 0.306 e. The minimum Gasteiger partial charge on any atom is -0.462 e. The van der Waals surface area contributed by atoms with Gasteiger partial charge >= 0.3 is 17.9 Å². The average Bonchev–Trinajstić information content (AvgIpc) is 3.23. The fourth-order valence-corrected chi connectivity index (χ4v) is 8.47. The molecule has 62 heavy (non-hydrogen) atoms. The van der Waals surface area contributed by atoms with Gasteiger partial charge in [0.15, 0.2) is 6.10 Å². The number of rotatable bonds is 49. The van der Waals surface area contributed by atoms with Crippen molar-refractivity contribution in [2.24, 2.45) is 17.8 Å². The van der Waals surface area contributed by atoms with E-state index in [2.05, 4.69) is 41.5 Å². The largest absolute Gasteiger partial charge is 0.462 e. The third-order valence-electron chi connectivity index (χ3n) is 12.6. The first-order valence-electron chi connectivity index (χ1n) is 27.6. The molecule has 0 aromatic heterocycles. The maximum absolute atomic E-state index is 12.8. The van der Waals surface area contributed by atoms with Crippen LogP contribution in [-0.4, -0.2) is 37.2 Å². The Bertz CT molecular complexity index is 960. The first-order chi connectivity index (χ1) is 30.1. The fourth-order valence-electron chi connectivity index (χ4n) is 8.47. The molecule has 0 saturated carbocycles. The lowest BCUT2D eigenvalue weighted by Gasteiger charge is -2.18. The van der Waals surface area contributed by atoms with Gasteiger partial charge in [-0.15, -0.1) is 0 Å². The SMILES string of the molecule is CC(C)CCCCCCCCCCCCCCCCCCC(=O)O[C@H](COC(=O)CCCCCCCCCCCCCCC(C)C)COC(=O)CCCCCCCCCC(C)C. The second-order valence-electron chi connectivity index (χ2n) is 20.6. The van der Waals surface area contributed by atoms with Crippen LogP contribution in [0.15, 0.2) is 0 Å². The zero-order valence-electron chi connectivity index (χ0n) is 42.7. The molecule has 0 amide bonds. The molecule has 0 heterocycles. The molecule has 0 bridgehead atoms. The highest BCUT2D eigenvalue weighted by Gasteiger charge is 2.19. The molecule has 1 atom stereocenters. The highest BCUT2D eigenvalue weighted by Crippen LogP contribution is 2.18. The molecular weight excluding hydrogens is 769 g/mol. The summed E-state index contributed by atoms with van der Waals surface area (Å²) in [4.78, 5) is 38.0. The molecule has 0 aliphatic rings. The van der Waals surface area contributed by atoms with Crippen LogP contribution in [0.2, 0.25) is 0 Å². The monoisotopic (exact) mass is 877 g/mol. The lowest BCUT2D eigenvalue weighted by molar-refractivity contribution is -0.167. The number of carbonyl (C=O) groups excluding carboxylic acids is 3. The van der Waals surface area contributed by atoms with Crippen molar-refractivity contribution in [3.8, 4) is 0 Å². The third kappa shape index (κ3) is 49.4. The minimum atomic E-state index is -0.763. The molecule has 0 saturated heterocycles. The van der Waals surface area contributed by atoms with Gasteiger partial charge in [-0.3, -0.25) is 14.4 Å². The quantitative estimate of drug-likeness (QED) is 0.0344. The van der Waals surface area contributed by atoms with Crippen LogP contribution in [0.4, 0.5) is 0 Å². The van der Waals surface area contributed by atoms with E-state index in [1.165, 1.54) is 186 Å². The summed E-state index contributed by atoms with van der Waals surface area (Å²) in [6.07, 6.45) is 48.2. The van der Waals surface area contributed by atoms with E-state index < -0.39 is 6.10 Å². The molecule has 0 aliphatic carbocycles. The maximum Gasteiger partial charge on any atom is 0.306 e. The highest BCUT2D eigenvalue weighted by atomic mass is 16.6. The number of hydrogen-bond acceptors (Lipinski definition) is 6. The van der Waals surface area contributed by atoms with Crippen LogP contribution in [0.5, 0.6) is 0 Å². The Kier molecular flexibility index (Phi) is 46.2. The summed E-state index contributed by atoms with van der Waals surface area (Å²) < 4.78 is 16.8. The zero-order chi connectivity index (χ0) is 45.6. The van der Waals surface area contributed by atoms with Crippen molar-refractivity contribution in [3.05, 3.63) is 0 Å². The van der Waals surface area contributed by atoms with Gasteiger partial charge in [0, 0.05) is 19.3 Å². The first-order valence-corrected chi connectivity index (χ1v) is 27.6. The number of hydrogen-bond donors (Lipinski definition) is 0. The van der Waals surface area contributed by atoms with Gasteiger partial charge in [-0.25, -0.2) is 0 Å². The van der Waals surface area contributed by atoms with E-state index in [9.17, 15) is 14.4 Å². The van der Waals surface area contributed by atoms with Gasteiger partial charge in [-0.2, -0.15) is 0 Å². The van der Waals surface area contributed by atoms with E-state index in [4.69, 9.17) is 14.2 Å². The normalized spacial score (nSPS) is 12.1. The lowest BCUT2D eigenvalue weighted by atomic mass is 10.0. The van der Waals surface area contributed by atoms with Crippen molar-refractivity contribution in [1.82, 2.24) is 0 Å². The van der Waals surface area contributed by atoms with Crippen LogP contribution in [0.25, 0.3) is 0 Å². The highest BCUT2D eigenvalue weighted by molar-refractivity contribution is 5.71. The molecular formula is C56H108O6. The molecule has 0 radical (unpaired) electrons. The van der Waals surface area contributed by atoms with Crippen molar-refractivity contribution >= 4 is 17.9 Å². The zero-order valence-corrected chi connectivity index (χ0v) is 42.7. The summed E-state index contributed by atoms with van der Waals surface area (Å²) >= 11 is 0. The summed E-state index contributed by atoms with van der Waals surface area (Å²) in [6.45, 7) is 13.7. The predicted molar refractivity (Wildman–Crippen MR) is 266 cm³/mol. The Morgan fingerprint density at radius 1 is 0.274 bits per heavy atom. The number of unbranched alkanes of at least 4 members (excludes halogenated alkanes) is 32. The van der Waals surface area contributed by atoms with Gasteiger partial charge in [-0.05, 0) is 37.0 Å². The van der Waals surface area contributed by atoms with Crippen molar-refractivity contribution in [2.75, 3.05) is 13.2 Å². The Labute approximate surface area is 387 Å². The van der Waals surface area contributed by atoms with Crippen molar-refractivity contribution in [1.29, 1.82) is 0 Å². The molecule has 6 heteroatoms. The molecule has 0 N–H and O–H groups in total. The van der Waals surface area contributed by atoms with E-state index >= 15 is 0 Å². The molecule has 0 spiro atoms. The Morgan fingerprint density at radius 2 is 0.468 bits per heavy atom. The molecule has 0 aromatic carbocycles. The second-order valence-corrected chi connectivity index (χ2v) is 20.6. The number of ether oxygens (including phenoxy) is 3. The van der Waals surface area contributed by atoms with Crippen LogP contribution in [-0.2, 0) is 28.6 Å². The van der Waals surface area contributed by atoms with Gasteiger partial charge in [0.25, 0.3) is 0 Å². The van der Waals surface area contributed by atoms with E-state index in [0.29, 0.717) is 19.3 Å². The standard InChI is InChI=1S/C56H108O6/c1-50(2)42-36-30-24-19-15-11-9-7-8-10-12-18-22-28-35-41-47-56(59)62-53(49-61-55(58)46-40-34-29-23-26-32-38-44-52(5)6)48-60-54(57)45-39-33-27-21-17-14-13-16-20-25-31-37-43-51(3)4/h50-53H,7-49H2,1-6H3/t53-/m1/s1. The lowest BCUT2D eigenvalue weighted by Crippen LogP contribution is -2.30. The van der Waals surface area contributed by atoms with Gasteiger partial charge in [0.05, 0.1) is 0 Å². The van der Waals surface area contributed by atoms with Crippen LogP contribution < -0.4 is 0 Å². The average molecular weight is 877 g/mol. The number of carbonyl (C=O) groups is 3. The van der Waals surface area contributed by atoms with E-state index in [-0.39, 0.29) is 31.1 Å². The summed E-state index contributed by atoms with van der Waals surface area (Å²) in [6, 6.07) is 0. The minimum absolute atomic E-state index is 0.0645. The van der Waals surface area contributed by atoms with E-state index in [1.807, 2.05) is 0 Å². The molecule has 0 aromatic rings. The molecule has 0 aliphatic heterocycles. The van der Waals surface area contributed by atoms with Crippen LogP contribution in [0, 0.1) is 17.8 Å². The van der Waals surface area contributed by atoms with Crippen molar-refractivity contribution in [3.63, 3.8) is 0 Å². The fraction of sp³-hybridized carbons (Fsp3) is 0.946. The second kappa shape index (κ2) is 47.4. The molecule has 0 rings (SSSR count). The van der Waals surface area contributed by atoms with Crippen molar-refractivity contribution in [2.45, 2.75) is 311 Å². The van der Waals surface area contributed by atoms with Gasteiger partial charge in [0.2, 0.25) is 0 Å². The van der Waals surface area contributed by atoms with Gasteiger partial charge < -0.3 is 14.2 Å². The summed E-state index contributed by atoms with van der Waals surface area (Å²) in [5, 5.41) is 0. The number of esters is 3. The third-order valence-corrected chi connectivity index (χ3v) is 12.6. The maximum atomic E-state index is 12.8. The molecule has 368 valence electrons. The first kappa shape index (κ1) is 60.4. The molecule has 0 unspecified atom stereocenters. The van der Waals surface area contributed by atoms with E-state index in [0.717, 1.165) is 75.5 Å². The summed E-state index contributed by atoms with van der Waals surface area (Å²) in [5.74, 6) is 1.62. The summed E-state index contributed by atoms with van der Waals surface area (Å²) in [5.41, 5.74) is 0. The van der Waals surface area contributed by atoms with E-state index in [1.54, 1.807) is 0 Å². The molecule has 6 nitrogen and oxygen atoms in total. The van der Waals surface area contributed by atoms with Gasteiger partial charge in [-0.1, -0.05) is 266 Å². The molecule has 0 fully saturated rings.